The van der Waals surface area contributed by atoms with Crippen LogP contribution < -0.4 is 0 Å². The molecule has 0 bridgehead atoms. The second-order valence-electron chi connectivity index (χ2n) is 11.5. The van der Waals surface area contributed by atoms with E-state index < -0.39 is 41.0 Å². The number of aryl methyl sites for hydroxylation is 1. The molecule has 3 aromatic carbocycles. The number of aromatic nitrogens is 1. The standard InChI is InChI=1S/C32H29N3O7S3/c1-22-12-14-23(15-13-22)44(38,39)34-25-8-3-2-7-24(25)31-27(34)20-33(45(40,41)30-11-5-4-9-26(30)35(36)37)21-32(31)16-17-42-28(19-32)29-10-6-18-43-29/h2-15,18,28H,16-17,19-21H2,1H3. The average Bonchev–Trinajstić information content (AvgIpc) is 3.69. The molecule has 10 nitrogen and oxygen atoms in total. The van der Waals surface area contributed by atoms with Gasteiger partial charge < -0.3 is 4.74 Å². The van der Waals surface area contributed by atoms with Gasteiger partial charge in [0.1, 0.15) is 0 Å². The summed E-state index contributed by atoms with van der Waals surface area (Å²) in [5, 5.41) is 14.6. The Balaban J connectivity index is 1.50. The van der Waals surface area contributed by atoms with Crippen molar-refractivity contribution in [1.29, 1.82) is 0 Å². The van der Waals surface area contributed by atoms with Crippen LogP contribution in [0, 0.1) is 17.0 Å². The topological polar surface area (TPSA) is 129 Å². The van der Waals surface area contributed by atoms with E-state index in [1.165, 1.54) is 26.5 Å². The molecule has 0 amide bonds. The number of nitrogens with zero attached hydrogens (tertiary/aromatic N) is 3. The number of sulfonamides is 1. The van der Waals surface area contributed by atoms with E-state index in [0.29, 0.717) is 30.7 Å². The maximum atomic E-state index is 14.5. The molecule has 2 atom stereocenters. The normalized spacial score (nSPS) is 20.8. The highest BCUT2D eigenvalue weighted by atomic mass is 32.2. The van der Waals surface area contributed by atoms with E-state index in [1.54, 1.807) is 47.7 Å². The maximum Gasteiger partial charge on any atom is 0.289 e. The summed E-state index contributed by atoms with van der Waals surface area (Å²) in [5.41, 5.74) is 1.09. The summed E-state index contributed by atoms with van der Waals surface area (Å²) in [5.74, 6) is 0. The van der Waals surface area contributed by atoms with E-state index >= 15 is 0 Å². The third kappa shape index (κ3) is 4.81. The SMILES string of the molecule is Cc1ccc(S(=O)(=O)n2c3c(c4ccccc42)C2(CCOC(c4cccs4)C2)CN(S(=O)(=O)c2ccccc2[N+](=O)[O-])C3)cc1. The Morgan fingerprint density at radius 2 is 1.67 bits per heavy atom. The van der Waals surface area contributed by atoms with Gasteiger partial charge in [0.05, 0.1) is 33.7 Å². The van der Waals surface area contributed by atoms with Crippen molar-refractivity contribution in [2.24, 2.45) is 0 Å². The summed E-state index contributed by atoms with van der Waals surface area (Å²) in [7, 11) is -8.64. The van der Waals surface area contributed by atoms with Crippen molar-refractivity contribution < 1.29 is 26.5 Å². The van der Waals surface area contributed by atoms with Crippen molar-refractivity contribution in [1.82, 2.24) is 8.28 Å². The largest absolute Gasteiger partial charge is 0.373 e. The number of ether oxygens (including phenoxy) is 1. The number of hydrogen-bond donors (Lipinski definition) is 0. The third-order valence-corrected chi connectivity index (χ3v) is 13.4. The van der Waals surface area contributed by atoms with Crippen molar-refractivity contribution in [2.75, 3.05) is 13.2 Å². The van der Waals surface area contributed by atoms with Crippen LogP contribution in [0.1, 0.15) is 40.6 Å². The molecule has 0 N–H and O–H groups in total. The molecule has 1 fully saturated rings. The minimum Gasteiger partial charge on any atom is -0.373 e. The first kappa shape index (κ1) is 29.8. The zero-order valence-corrected chi connectivity index (χ0v) is 26.6. The molecule has 2 aliphatic heterocycles. The lowest BCUT2D eigenvalue weighted by atomic mass is 9.69. The van der Waals surface area contributed by atoms with Crippen molar-refractivity contribution in [3.8, 4) is 0 Å². The molecule has 4 heterocycles. The van der Waals surface area contributed by atoms with Gasteiger partial charge >= 0.3 is 0 Å². The van der Waals surface area contributed by atoms with Gasteiger partial charge in [0, 0.05) is 34.9 Å². The van der Waals surface area contributed by atoms with Crippen molar-refractivity contribution in [3.63, 3.8) is 0 Å². The van der Waals surface area contributed by atoms with Crippen LogP contribution in [0.4, 0.5) is 5.69 Å². The van der Waals surface area contributed by atoms with Gasteiger partial charge in [0.2, 0.25) is 10.0 Å². The highest BCUT2D eigenvalue weighted by molar-refractivity contribution is 7.90. The first-order valence-electron chi connectivity index (χ1n) is 14.4. The minimum atomic E-state index is -4.45. The Labute approximate surface area is 264 Å². The van der Waals surface area contributed by atoms with Crippen molar-refractivity contribution in [2.45, 2.75) is 47.6 Å². The summed E-state index contributed by atoms with van der Waals surface area (Å²) >= 11 is 1.55. The van der Waals surface area contributed by atoms with Gasteiger partial charge in [-0.2, -0.15) is 4.31 Å². The molecular formula is C32H29N3O7S3. The number of nitro benzene ring substituents is 1. The van der Waals surface area contributed by atoms with Gasteiger partial charge in [-0.25, -0.2) is 20.8 Å². The molecule has 5 aromatic rings. The number of nitro groups is 1. The number of thiophene rings is 1. The molecule has 232 valence electrons. The Bertz CT molecular complexity index is 2160. The zero-order chi connectivity index (χ0) is 31.6. The van der Waals surface area contributed by atoms with Crippen LogP contribution in [0.15, 0.2) is 100 Å². The second kappa shape index (κ2) is 10.9. The Kier molecular flexibility index (Phi) is 7.21. The van der Waals surface area contributed by atoms with Gasteiger partial charge in [0.25, 0.3) is 15.7 Å². The van der Waals surface area contributed by atoms with Crippen molar-refractivity contribution >= 4 is 48.0 Å². The fourth-order valence-corrected chi connectivity index (χ4v) is 10.8. The molecule has 2 unspecified atom stereocenters. The Morgan fingerprint density at radius 3 is 2.40 bits per heavy atom. The lowest BCUT2D eigenvalue weighted by Crippen LogP contribution is -2.51. The van der Waals surface area contributed by atoms with Gasteiger partial charge in [0.15, 0.2) is 4.90 Å². The summed E-state index contributed by atoms with van der Waals surface area (Å²) in [6, 6.07) is 23.0. The number of fused-ring (bicyclic) bond motifs is 4. The molecule has 0 saturated carbocycles. The van der Waals surface area contributed by atoms with Crippen LogP contribution in [0.2, 0.25) is 0 Å². The van der Waals surface area contributed by atoms with E-state index in [9.17, 15) is 26.9 Å². The molecule has 1 spiro atoms. The monoisotopic (exact) mass is 663 g/mol. The van der Waals surface area contributed by atoms with Crippen LogP contribution in [-0.2, 0) is 36.7 Å². The third-order valence-electron chi connectivity index (χ3n) is 8.84. The fraction of sp³-hybridized carbons (Fsp3) is 0.250. The average molecular weight is 664 g/mol. The predicted octanol–water partition coefficient (Wildman–Crippen LogP) is 6.15. The number of rotatable bonds is 6. The summed E-state index contributed by atoms with van der Waals surface area (Å²) in [4.78, 5) is 11.9. The highest BCUT2D eigenvalue weighted by Gasteiger charge is 2.51. The van der Waals surface area contributed by atoms with Gasteiger partial charge in [-0.05, 0) is 61.0 Å². The van der Waals surface area contributed by atoms with Crippen LogP contribution in [0.25, 0.3) is 10.9 Å². The molecule has 0 radical (unpaired) electrons. The molecule has 13 heteroatoms. The van der Waals surface area contributed by atoms with Crippen LogP contribution in [0.3, 0.4) is 0 Å². The maximum absolute atomic E-state index is 14.5. The second-order valence-corrected chi connectivity index (χ2v) is 16.2. The molecular weight excluding hydrogens is 635 g/mol. The summed E-state index contributed by atoms with van der Waals surface area (Å²) < 4.78 is 66.4. The predicted molar refractivity (Wildman–Crippen MR) is 170 cm³/mol. The molecule has 2 aromatic heterocycles. The smallest absolute Gasteiger partial charge is 0.289 e. The molecule has 0 aliphatic carbocycles. The highest BCUT2D eigenvalue weighted by Crippen LogP contribution is 2.52. The van der Waals surface area contributed by atoms with Gasteiger partial charge in [-0.3, -0.25) is 10.1 Å². The van der Waals surface area contributed by atoms with E-state index in [0.717, 1.165) is 27.5 Å². The summed E-state index contributed by atoms with van der Waals surface area (Å²) in [6.07, 6.45) is 0.502. The molecule has 7 rings (SSSR count). The number of benzene rings is 3. The molecule has 45 heavy (non-hydrogen) atoms. The minimum absolute atomic E-state index is 0.0121. The van der Waals surface area contributed by atoms with E-state index in [-0.39, 0.29) is 24.1 Å². The lowest BCUT2D eigenvalue weighted by molar-refractivity contribution is -0.387. The van der Waals surface area contributed by atoms with Crippen molar-refractivity contribution in [3.05, 3.63) is 122 Å². The van der Waals surface area contributed by atoms with E-state index in [4.69, 9.17) is 4.74 Å². The zero-order valence-electron chi connectivity index (χ0n) is 24.2. The van der Waals surface area contributed by atoms with Gasteiger partial charge in [-0.1, -0.05) is 54.1 Å². The lowest BCUT2D eigenvalue weighted by Gasteiger charge is -2.47. The number of para-hydroxylation sites is 2. The molecule has 2 aliphatic rings. The quantitative estimate of drug-likeness (QED) is 0.157. The fourth-order valence-electron chi connectivity index (χ4n) is 6.80. The van der Waals surface area contributed by atoms with Crippen LogP contribution in [-0.4, -0.2) is 43.2 Å². The number of hydrogen-bond acceptors (Lipinski definition) is 8. The molecule has 1 saturated heterocycles. The summed E-state index contributed by atoms with van der Waals surface area (Å²) in [6.45, 7) is 1.92. The Hall–Kier alpha value is -3.88. The van der Waals surface area contributed by atoms with E-state index in [1.807, 2.05) is 36.6 Å². The first-order chi connectivity index (χ1) is 21.5. The first-order valence-corrected chi connectivity index (χ1v) is 18.1. The van der Waals surface area contributed by atoms with Gasteiger partial charge in [-0.15, -0.1) is 11.3 Å². The Morgan fingerprint density at radius 1 is 0.933 bits per heavy atom. The van der Waals surface area contributed by atoms with Crippen LogP contribution in [0.5, 0.6) is 0 Å². The van der Waals surface area contributed by atoms with Crippen LogP contribution >= 0.6 is 11.3 Å². The van der Waals surface area contributed by atoms with E-state index in [2.05, 4.69) is 0 Å².